The van der Waals surface area contributed by atoms with Crippen LogP contribution in [0.2, 0.25) is 0 Å². The lowest BCUT2D eigenvalue weighted by atomic mass is 9.80. The van der Waals surface area contributed by atoms with Crippen molar-refractivity contribution >= 4 is 0 Å². The van der Waals surface area contributed by atoms with Gasteiger partial charge in [-0.15, -0.1) is 0 Å². The van der Waals surface area contributed by atoms with Gasteiger partial charge in [0, 0.05) is 11.8 Å². The minimum atomic E-state index is 0.303. The molecule has 0 N–H and O–H groups in total. The van der Waals surface area contributed by atoms with Gasteiger partial charge in [0.15, 0.2) is 0 Å². The number of rotatable bonds is 4. The molecule has 0 radical (unpaired) electrons. The molecule has 2 unspecified atom stereocenters. The summed E-state index contributed by atoms with van der Waals surface area (Å²) >= 11 is 0. The van der Waals surface area contributed by atoms with E-state index in [1.807, 2.05) is 0 Å². The van der Waals surface area contributed by atoms with E-state index < -0.39 is 0 Å². The summed E-state index contributed by atoms with van der Waals surface area (Å²) in [5, 5.41) is 0. The van der Waals surface area contributed by atoms with Crippen molar-refractivity contribution in [3.63, 3.8) is 0 Å². The molecular weight excluding hydrogens is 224 g/mol. The molecule has 2 atom stereocenters. The van der Waals surface area contributed by atoms with Crippen LogP contribution >= 0.6 is 0 Å². The Balaban J connectivity index is 3.13. The van der Waals surface area contributed by atoms with Gasteiger partial charge < -0.3 is 9.47 Å². The summed E-state index contributed by atoms with van der Waals surface area (Å²) < 4.78 is 11.1. The molecule has 1 aliphatic carbocycles. The topological polar surface area (TPSA) is 18.5 Å². The van der Waals surface area contributed by atoms with E-state index in [9.17, 15) is 0 Å². The zero-order valence-electron chi connectivity index (χ0n) is 12.8. The van der Waals surface area contributed by atoms with Crippen LogP contribution in [0.15, 0.2) is 34.3 Å². The van der Waals surface area contributed by atoms with E-state index >= 15 is 0 Å². The lowest BCUT2D eigenvalue weighted by molar-refractivity contribution is 0.173. The second kappa shape index (κ2) is 6.12. The first-order chi connectivity index (χ1) is 8.43. The average molecular weight is 250 g/mol. The van der Waals surface area contributed by atoms with Crippen molar-refractivity contribution in [3.8, 4) is 0 Å². The highest BCUT2D eigenvalue weighted by atomic mass is 16.5. The smallest absolute Gasteiger partial charge is 0.140 e. The van der Waals surface area contributed by atoms with Crippen molar-refractivity contribution < 1.29 is 9.47 Å². The molecule has 0 heterocycles. The Morgan fingerprint density at radius 1 is 1.06 bits per heavy atom. The molecule has 102 valence electrons. The van der Waals surface area contributed by atoms with E-state index in [1.54, 1.807) is 14.2 Å². The monoisotopic (exact) mass is 250 g/mol. The van der Waals surface area contributed by atoms with Gasteiger partial charge in [0.1, 0.15) is 11.5 Å². The van der Waals surface area contributed by atoms with Crippen LogP contribution in [0.4, 0.5) is 0 Å². The van der Waals surface area contributed by atoms with E-state index in [1.165, 1.54) is 16.7 Å². The molecule has 0 aromatic carbocycles. The predicted octanol–water partition coefficient (Wildman–Crippen LogP) is 4.45. The molecule has 0 saturated carbocycles. The number of hydrogen-bond acceptors (Lipinski definition) is 2. The third-order valence-electron chi connectivity index (χ3n) is 3.88. The van der Waals surface area contributed by atoms with Crippen molar-refractivity contribution in [2.24, 2.45) is 11.8 Å². The van der Waals surface area contributed by atoms with Gasteiger partial charge >= 0.3 is 0 Å². The van der Waals surface area contributed by atoms with E-state index in [0.29, 0.717) is 11.8 Å². The van der Waals surface area contributed by atoms with E-state index in [4.69, 9.17) is 9.47 Å². The van der Waals surface area contributed by atoms with Gasteiger partial charge in [-0.25, -0.2) is 0 Å². The van der Waals surface area contributed by atoms with Crippen molar-refractivity contribution in [2.45, 2.75) is 41.0 Å². The highest BCUT2D eigenvalue weighted by Crippen LogP contribution is 2.40. The van der Waals surface area contributed by atoms with Gasteiger partial charge in [-0.2, -0.15) is 0 Å². The molecular formula is C16H26O2. The van der Waals surface area contributed by atoms with Crippen LogP contribution in [-0.4, -0.2) is 14.2 Å². The molecule has 0 amide bonds. The highest BCUT2D eigenvalue weighted by Gasteiger charge is 2.31. The third kappa shape index (κ3) is 2.80. The average Bonchev–Trinajstić information content (AvgIpc) is 2.32. The summed E-state index contributed by atoms with van der Waals surface area (Å²) in [5.74, 6) is 2.56. The number of allylic oxidation sites excluding steroid dienone is 4. The van der Waals surface area contributed by atoms with Crippen LogP contribution in [0.3, 0.4) is 0 Å². The summed E-state index contributed by atoms with van der Waals surface area (Å²) in [6.07, 6.45) is 3.29. The summed E-state index contributed by atoms with van der Waals surface area (Å²) in [7, 11) is 3.46. The van der Waals surface area contributed by atoms with Crippen molar-refractivity contribution in [1.29, 1.82) is 0 Å². The highest BCUT2D eigenvalue weighted by molar-refractivity contribution is 5.35. The van der Waals surface area contributed by atoms with E-state index in [2.05, 4.69) is 40.7 Å². The maximum Gasteiger partial charge on any atom is 0.140 e. The number of ether oxygens (including phenoxy) is 2. The van der Waals surface area contributed by atoms with Gasteiger partial charge in [0.05, 0.1) is 14.2 Å². The molecule has 1 rings (SSSR count). The van der Waals surface area contributed by atoms with Crippen LogP contribution in [0, 0.1) is 11.8 Å². The summed E-state index contributed by atoms with van der Waals surface area (Å²) in [4.78, 5) is 0. The molecule has 0 aliphatic heterocycles. The first-order valence-corrected chi connectivity index (χ1v) is 6.58. The first-order valence-electron chi connectivity index (χ1n) is 6.58. The molecule has 2 heteroatoms. The Bertz CT molecular complexity index is 395. The Kier molecular flexibility index (Phi) is 5.06. The lowest BCUT2D eigenvalue weighted by Gasteiger charge is -2.32. The van der Waals surface area contributed by atoms with E-state index in [0.717, 1.165) is 17.9 Å². The largest absolute Gasteiger partial charge is 0.497 e. The predicted molar refractivity (Wildman–Crippen MR) is 76.1 cm³/mol. The normalized spacial score (nSPS) is 24.2. The Hall–Kier alpha value is -1.18. The second-order valence-electron chi connectivity index (χ2n) is 5.27. The molecule has 0 saturated heterocycles. The van der Waals surface area contributed by atoms with Crippen molar-refractivity contribution in [3.05, 3.63) is 34.3 Å². The van der Waals surface area contributed by atoms with E-state index in [-0.39, 0.29) is 0 Å². The summed E-state index contributed by atoms with van der Waals surface area (Å²) in [6.45, 7) is 10.9. The Morgan fingerprint density at radius 3 is 2.00 bits per heavy atom. The van der Waals surface area contributed by atoms with Gasteiger partial charge in [0.2, 0.25) is 0 Å². The lowest BCUT2D eigenvalue weighted by Crippen LogP contribution is -2.21. The van der Waals surface area contributed by atoms with Crippen LogP contribution in [0.5, 0.6) is 0 Å². The Morgan fingerprint density at radius 2 is 1.56 bits per heavy atom. The fourth-order valence-corrected chi connectivity index (χ4v) is 2.61. The van der Waals surface area contributed by atoms with Crippen LogP contribution in [-0.2, 0) is 9.47 Å². The molecule has 2 nitrogen and oxygen atoms in total. The van der Waals surface area contributed by atoms with Gasteiger partial charge in [0.25, 0.3) is 0 Å². The second-order valence-corrected chi connectivity index (χ2v) is 5.27. The summed E-state index contributed by atoms with van der Waals surface area (Å²) in [6, 6.07) is 0. The van der Waals surface area contributed by atoms with Crippen molar-refractivity contribution in [1.82, 2.24) is 0 Å². The van der Waals surface area contributed by atoms with Gasteiger partial charge in [-0.05, 0) is 27.2 Å². The third-order valence-corrected chi connectivity index (χ3v) is 3.88. The zero-order valence-corrected chi connectivity index (χ0v) is 12.8. The van der Waals surface area contributed by atoms with Crippen LogP contribution in [0.25, 0.3) is 0 Å². The number of hydrogen-bond donors (Lipinski definition) is 0. The fourth-order valence-electron chi connectivity index (χ4n) is 2.61. The minimum absolute atomic E-state index is 0.303. The summed E-state index contributed by atoms with van der Waals surface area (Å²) in [5.41, 5.74) is 4.23. The fraction of sp³-hybridized carbons (Fsp3) is 0.625. The maximum atomic E-state index is 5.56. The SMILES string of the molecule is COC1=C(OC)C(C)C(CC=C(C)C)=C(C)C1C. The number of methoxy groups -OCH3 is 2. The zero-order chi connectivity index (χ0) is 13.9. The van der Waals surface area contributed by atoms with Crippen LogP contribution in [0.1, 0.15) is 41.0 Å². The molecule has 18 heavy (non-hydrogen) atoms. The first kappa shape index (κ1) is 14.9. The Labute approximate surface area is 111 Å². The molecule has 0 bridgehead atoms. The maximum absolute atomic E-state index is 5.56. The minimum Gasteiger partial charge on any atom is -0.497 e. The molecule has 0 fully saturated rings. The quantitative estimate of drug-likeness (QED) is 0.686. The van der Waals surface area contributed by atoms with Gasteiger partial charge in [-0.1, -0.05) is 36.6 Å². The standard InChI is InChI=1S/C16H26O2/c1-10(2)8-9-14-11(3)12(4)15(17-6)16(18-7)13(14)5/h8,12-13H,9H2,1-7H3. The molecule has 0 aromatic heterocycles. The molecule has 0 aromatic rings. The molecule has 1 aliphatic rings. The van der Waals surface area contributed by atoms with Crippen molar-refractivity contribution in [2.75, 3.05) is 14.2 Å². The van der Waals surface area contributed by atoms with Crippen LogP contribution < -0.4 is 0 Å². The van der Waals surface area contributed by atoms with Gasteiger partial charge in [-0.3, -0.25) is 0 Å². The molecule has 0 spiro atoms.